The Bertz CT molecular complexity index is 1420. The average molecular weight is 509 g/mol. The number of nitrogens with zero attached hydrogens (tertiary/aromatic N) is 3. The maximum Gasteiger partial charge on any atom is 0.151 e. The van der Waals surface area contributed by atoms with E-state index in [4.69, 9.17) is 21.1 Å². The zero-order chi connectivity index (χ0) is 24.2. The van der Waals surface area contributed by atoms with Crippen LogP contribution in [-0.4, -0.2) is 41.2 Å². The number of anilines is 2. The molecule has 4 aromatic rings. The smallest absolute Gasteiger partial charge is 0.151 e. The van der Waals surface area contributed by atoms with E-state index in [1.807, 2.05) is 12.1 Å². The second-order valence-electron chi connectivity index (χ2n) is 8.07. The second kappa shape index (κ2) is 10.5. The summed E-state index contributed by atoms with van der Waals surface area (Å²) >= 11 is 7.98. The van der Waals surface area contributed by atoms with Crippen molar-refractivity contribution in [1.82, 2.24) is 14.9 Å². The third-order valence-electron chi connectivity index (χ3n) is 5.60. The zero-order valence-corrected chi connectivity index (χ0v) is 20.5. The molecule has 0 unspecified atom stereocenters. The van der Waals surface area contributed by atoms with Crippen molar-refractivity contribution < 1.29 is 13.9 Å². The first-order chi connectivity index (χ1) is 17.1. The number of aromatic nitrogens is 2. The highest BCUT2D eigenvalue weighted by Crippen LogP contribution is 2.33. The van der Waals surface area contributed by atoms with Crippen LogP contribution in [0, 0.1) is 17.8 Å². The van der Waals surface area contributed by atoms with E-state index in [9.17, 15) is 4.39 Å². The molecule has 0 saturated carbocycles. The molecule has 1 saturated heterocycles. The largest absolute Gasteiger partial charge is 0.487 e. The predicted molar refractivity (Wildman–Crippen MR) is 137 cm³/mol. The van der Waals surface area contributed by atoms with E-state index in [1.165, 1.54) is 29.8 Å². The van der Waals surface area contributed by atoms with Gasteiger partial charge in [0.25, 0.3) is 0 Å². The number of thiophene rings is 1. The molecular formula is C26H22ClFN4O2S. The number of halogens is 2. The highest BCUT2D eigenvalue weighted by Gasteiger charge is 2.19. The van der Waals surface area contributed by atoms with Gasteiger partial charge in [0.2, 0.25) is 0 Å². The summed E-state index contributed by atoms with van der Waals surface area (Å²) in [4.78, 5) is 11.8. The Morgan fingerprint density at radius 2 is 2.14 bits per heavy atom. The number of rotatable bonds is 6. The molecule has 0 bridgehead atoms. The molecule has 1 atom stereocenters. The summed E-state index contributed by atoms with van der Waals surface area (Å²) in [5, 5.41) is 3.75. The fourth-order valence-electron chi connectivity index (χ4n) is 3.78. The highest BCUT2D eigenvalue weighted by molar-refractivity contribution is 7.20. The van der Waals surface area contributed by atoms with E-state index in [2.05, 4.69) is 32.1 Å². The van der Waals surface area contributed by atoms with Gasteiger partial charge in [0.1, 0.15) is 24.5 Å². The van der Waals surface area contributed by atoms with Gasteiger partial charge in [-0.25, -0.2) is 14.4 Å². The number of hydrogen-bond donors (Lipinski definition) is 1. The van der Waals surface area contributed by atoms with Gasteiger partial charge in [0.15, 0.2) is 5.82 Å². The summed E-state index contributed by atoms with van der Waals surface area (Å²) in [5.41, 5.74) is 2.32. The summed E-state index contributed by atoms with van der Waals surface area (Å²) in [5.74, 6) is 4.14. The summed E-state index contributed by atoms with van der Waals surface area (Å²) in [6.45, 7) is 1.95. The molecule has 1 N–H and O–H groups in total. The fraction of sp³-hybridized carbons (Fsp3) is 0.231. The van der Waals surface area contributed by atoms with Crippen LogP contribution in [0.15, 0.2) is 54.9 Å². The van der Waals surface area contributed by atoms with Gasteiger partial charge in [-0.2, -0.15) is 0 Å². The molecule has 178 valence electrons. The standard InChI is InChI=1S/C26H22ClFN4O2S/c1-33-20-7-9-32(14-20)10-8-21-13-23-25(35-21)26(30-16-29-23)31-19-5-6-24(22(27)12-19)34-15-17-3-2-4-18(28)11-17/h2-6,11-13,16,20H,7,9,14-15H2,1H3,(H,29,30,31)/t20-/m1/s1. The molecule has 0 spiro atoms. The Morgan fingerprint density at radius 1 is 1.23 bits per heavy atom. The molecule has 0 radical (unpaired) electrons. The SMILES string of the molecule is CO[C@@H]1CCN(C#Cc2cc3ncnc(Nc4ccc(OCc5cccc(F)c5)c(Cl)c4)c3s2)C1. The maximum absolute atomic E-state index is 13.4. The van der Waals surface area contributed by atoms with Crippen LogP contribution in [0.3, 0.4) is 0 Å². The van der Waals surface area contributed by atoms with Crippen molar-refractivity contribution in [2.45, 2.75) is 19.1 Å². The molecule has 0 aliphatic carbocycles. The van der Waals surface area contributed by atoms with Crippen molar-refractivity contribution in [2.75, 3.05) is 25.5 Å². The Morgan fingerprint density at radius 3 is 2.94 bits per heavy atom. The first kappa shape index (κ1) is 23.4. The van der Waals surface area contributed by atoms with E-state index >= 15 is 0 Å². The molecule has 2 aromatic carbocycles. The quantitative estimate of drug-likeness (QED) is 0.330. The first-order valence-electron chi connectivity index (χ1n) is 11.0. The van der Waals surface area contributed by atoms with Crippen molar-refractivity contribution >= 4 is 44.7 Å². The Labute approximate surface area is 211 Å². The number of fused-ring (bicyclic) bond motifs is 1. The lowest BCUT2D eigenvalue weighted by atomic mass is 10.2. The third-order valence-corrected chi connectivity index (χ3v) is 6.95. The molecular weight excluding hydrogens is 487 g/mol. The van der Waals surface area contributed by atoms with E-state index in [1.54, 1.807) is 31.4 Å². The number of benzene rings is 2. The van der Waals surface area contributed by atoms with Crippen molar-refractivity contribution in [3.8, 4) is 17.7 Å². The fourth-order valence-corrected chi connectivity index (χ4v) is 4.92. The van der Waals surface area contributed by atoms with Gasteiger partial charge in [0, 0.05) is 25.4 Å². The summed E-state index contributed by atoms with van der Waals surface area (Å²) < 4.78 is 25.5. The van der Waals surface area contributed by atoms with Crippen LogP contribution in [0.5, 0.6) is 5.75 Å². The van der Waals surface area contributed by atoms with Crippen LogP contribution in [0.4, 0.5) is 15.9 Å². The van der Waals surface area contributed by atoms with E-state index < -0.39 is 0 Å². The molecule has 0 amide bonds. The Hall–Kier alpha value is -3.38. The van der Waals surface area contributed by atoms with Crippen LogP contribution in [0.2, 0.25) is 5.02 Å². The number of ether oxygens (including phenoxy) is 2. The predicted octanol–water partition coefficient (Wildman–Crippen LogP) is 5.84. The van der Waals surface area contributed by atoms with E-state index in [0.717, 1.165) is 45.9 Å². The van der Waals surface area contributed by atoms with Gasteiger partial charge >= 0.3 is 0 Å². The van der Waals surface area contributed by atoms with Crippen molar-refractivity contribution in [3.05, 3.63) is 76.1 Å². The minimum absolute atomic E-state index is 0.222. The van der Waals surface area contributed by atoms with Crippen molar-refractivity contribution in [2.24, 2.45) is 0 Å². The molecule has 9 heteroatoms. The summed E-state index contributed by atoms with van der Waals surface area (Å²) in [6.07, 6.45) is 2.77. The molecule has 6 nitrogen and oxygen atoms in total. The van der Waals surface area contributed by atoms with Crippen LogP contribution in [-0.2, 0) is 11.3 Å². The molecule has 35 heavy (non-hydrogen) atoms. The monoisotopic (exact) mass is 508 g/mol. The van der Waals surface area contributed by atoms with Crippen LogP contribution < -0.4 is 10.1 Å². The lowest BCUT2D eigenvalue weighted by molar-refractivity contribution is 0.113. The van der Waals surface area contributed by atoms with E-state index in [-0.39, 0.29) is 18.5 Å². The Kier molecular flexibility index (Phi) is 7.00. The lowest BCUT2D eigenvalue weighted by Gasteiger charge is -2.11. The lowest BCUT2D eigenvalue weighted by Crippen LogP contribution is -2.17. The number of likely N-dealkylation sites (tertiary alicyclic amines) is 1. The summed E-state index contributed by atoms with van der Waals surface area (Å²) in [6, 6.07) is 16.9. The topological polar surface area (TPSA) is 59.5 Å². The molecule has 3 heterocycles. The maximum atomic E-state index is 13.4. The number of nitrogens with one attached hydrogen (secondary N) is 1. The van der Waals surface area contributed by atoms with Crippen LogP contribution in [0.1, 0.15) is 16.9 Å². The number of methoxy groups -OCH3 is 1. The van der Waals surface area contributed by atoms with Gasteiger partial charge in [-0.15, -0.1) is 11.3 Å². The molecule has 5 rings (SSSR count). The van der Waals surface area contributed by atoms with Gasteiger partial charge < -0.3 is 19.7 Å². The van der Waals surface area contributed by atoms with E-state index in [0.29, 0.717) is 16.6 Å². The van der Waals surface area contributed by atoms with Gasteiger partial charge in [-0.05, 0) is 54.3 Å². The van der Waals surface area contributed by atoms with Gasteiger partial charge in [-0.3, -0.25) is 0 Å². The average Bonchev–Trinajstić information content (AvgIpc) is 3.49. The molecule has 1 aliphatic rings. The van der Waals surface area contributed by atoms with Crippen LogP contribution in [0.25, 0.3) is 10.2 Å². The normalized spacial score (nSPS) is 15.2. The minimum Gasteiger partial charge on any atom is -0.487 e. The minimum atomic E-state index is -0.300. The third kappa shape index (κ3) is 5.65. The summed E-state index contributed by atoms with van der Waals surface area (Å²) in [7, 11) is 1.74. The highest BCUT2D eigenvalue weighted by atomic mass is 35.5. The Balaban J connectivity index is 1.29. The van der Waals surface area contributed by atoms with Gasteiger partial charge in [-0.1, -0.05) is 23.7 Å². The zero-order valence-electron chi connectivity index (χ0n) is 18.9. The molecule has 1 fully saturated rings. The first-order valence-corrected chi connectivity index (χ1v) is 12.2. The molecule has 2 aromatic heterocycles. The molecule has 1 aliphatic heterocycles. The second-order valence-corrected chi connectivity index (χ2v) is 9.52. The van der Waals surface area contributed by atoms with Crippen LogP contribution >= 0.6 is 22.9 Å². The van der Waals surface area contributed by atoms with Gasteiger partial charge in [0.05, 0.1) is 32.8 Å². The van der Waals surface area contributed by atoms with Crippen molar-refractivity contribution in [1.29, 1.82) is 0 Å². The van der Waals surface area contributed by atoms with Crippen molar-refractivity contribution in [3.63, 3.8) is 0 Å². The number of hydrogen-bond acceptors (Lipinski definition) is 7.